The van der Waals surface area contributed by atoms with Gasteiger partial charge in [0.15, 0.2) is 5.84 Å². The van der Waals surface area contributed by atoms with Gasteiger partial charge in [-0.25, -0.2) is 4.39 Å². The second-order valence-corrected chi connectivity index (χ2v) is 6.49. The molecule has 5 nitrogen and oxygen atoms in total. The highest BCUT2D eigenvalue weighted by Crippen LogP contribution is 2.13. The highest BCUT2D eigenvalue weighted by Gasteiger charge is 2.17. The SMILES string of the molecule is N/C(=N/O)c1ccc(CNC2CCS(=O)CC2)c(F)c1. The number of nitrogens with two attached hydrogens (primary N) is 1. The summed E-state index contributed by atoms with van der Waals surface area (Å²) in [6.07, 6.45) is 1.72. The van der Waals surface area contributed by atoms with E-state index in [9.17, 15) is 8.60 Å². The average Bonchev–Trinajstić information content (AvgIpc) is 2.46. The Bertz CT molecular complexity index is 526. The second kappa shape index (κ2) is 6.81. The first kappa shape index (κ1) is 14.9. The first-order chi connectivity index (χ1) is 9.60. The molecule has 0 unspecified atom stereocenters. The molecule has 0 aliphatic carbocycles. The molecular formula is C13H18FN3O2S. The predicted molar refractivity (Wildman–Crippen MR) is 76.6 cm³/mol. The molecule has 1 aliphatic heterocycles. The third kappa shape index (κ3) is 3.77. The van der Waals surface area contributed by atoms with Gasteiger partial charge in [-0.1, -0.05) is 17.3 Å². The van der Waals surface area contributed by atoms with Crippen molar-refractivity contribution in [1.29, 1.82) is 0 Å². The predicted octanol–water partition coefficient (Wildman–Crippen LogP) is 0.921. The summed E-state index contributed by atoms with van der Waals surface area (Å²) in [4.78, 5) is 0. The lowest BCUT2D eigenvalue weighted by Crippen LogP contribution is -2.35. The molecule has 0 amide bonds. The fourth-order valence-corrected chi connectivity index (χ4v) is 3.46. The number of hydrogen-bond acceptors (Lipinski definition) is 4. The summed E-state index contributed by atoms with van der Waals surface area (Å²) >= 11 is 0. The number of nitrogens with zero attached hydrogens (tertiary/aromatic N) is 1. The lowest BCUT2D eigenvalue weighted by Gasteiger charge is -2.22. The van der Waals surface area contributed by atoms with E-state index < -0.39 is 10.8 Å². The first-order valence-electron chi connectivity index (χ1n) is 6.45. The zero-order valence-electron chi connectivity index (χ0n) is 11.0. The first-order valence-corrected chi connectivity index (χ1v) is 7.93. The van der Waals surface area contributed by atoms with Crippen LogP contribution in [0, 0.1) is 5.82 Å². The highest BCUT2D eigenvalue weighted by molar-refractivity contribution is 7.85. The van der Waals surface area contributed by atoms with Gasteiger partial charge in [-0.15, -0.1) is 0 Å². The molecule has 110 valence electrons. The van der Waals surface area contributed by atoms with Gasteiger partial charge in [0.2, 0.25) is 0 Å². The summed E-state index contributed by atoms with van der Waals surface area (Å²) in [5.74, 6) is 0.921. The molecule has 1 aromatic carbocycles. The van der Waals surface area contributed by atoms with Crippen molar-refractivity contribution < 1.29 is 13.8 Å². The van der Waals surface area contributed by atoms with E-state index in [4.69, 9.17) is 10.9 Å². The van der Waals surface area contributed by atoms with E-state index in [1.54, 1.807) is 12.1 Å². The fraction of sp³-hybridized carbons (Fsp3) is 0.462. The fourth-order valence-electron chi connectivity index (χ4n) is 2.16. The molecule has 0 spiro atoms. The zero-order valence-corrected chi connectivity index (χ0v) is 11.8. The van der Waals surface area contributed by atoms with Crippen molar-refractivity contribution in [2.45, 2.75) is 25.4 Å². The Morgan fingerprint density at radius 1 is 1.50 bits per heavy atom. The maximum absolute atomic E-state index is 13.9. The van der Waals surface area contributed by atoms with Crippen molar-refractivity contribution in [3.63, 3.8) is 0 Å². The maximum Gasteiger partial charge on any atom is 0.170 e. The molecule has 1 heterocycles. The molecule has 2 rings (SSSR count). The summed E-state index contributed by atoms with van der Waals surface area (Å²) in [7, 11) is -0.688. The minimum atomic E-state index is -0.688. The van der Waals surface area contributed by atoms with Gasteiger partial charge in [0, 0.05) is 46.0 Å². The Balaban J connectivity index is 1.95. The van der Waals surface area contributed by atoms with Crippen LogP contribution in [0.25, 0.3) is 0 Å². The van der Waals surface area contributed by atoms with Gasteiger partial charge in [-0.3, -0.25) is 4.21 Å². The van der Waals surface area contributed by atoms with Gasteiger partial charge in [0.25, 0.3) is 0 Å². The van der Waals surface area contributed by atoms with Gasteiger partial charge in [0.05, 0.1) is 0 Å². The number of amidine groups is 1. The van der Waals surface area contributed by atoms with E-state index in [2.05, 4.69) is 10.5 Å². The van der Waals surface area contributed by atoms with Crippen LogP contribution < -0.4 is 11.1 Å². The maximum atomic E-state index is 13.9. The third-order valence-electron chi connectivity index (χ3n) is 3.43. The Kier molecular flexibility index (Phi) is 5.08. The Labute approximate surface area is 119 Å². The molecular weight excluding hydrogens is 281 g/mol. The summed E-state index contributed by atoms with van der Waals surface area (Å²) in [5, 5.41) is 14.7. The van der Waals surface area contributed by atoms with Gasteiger partial charge < -0.3 is 16.3 Å². The third-order valence-corrected chi connectivity index (χ3v) is 4.81. The number of hydrogen-bond donors (Lipinski definition) is 3. The minimum Gasteiger partial charge on any atom is -0.409 e. The van der Waals surface area contributed by atoms with Crippen molar-refractivity contribution in [2.75, 3.05) is 11.5 Å². The minimum absolute atomic E-state index is 0.113. The summed E-state index contributed by atoms with van der Waals surface area (Å²) in [6.45, 7) is 0.416. The largest absolute Gasteiger partial charge is 0.409 e. The Morgan fingerprint density at radius 2 is 2.20 bits per heavy atom. The number of oxime groups is 1. The Hall–Kier alpha value is -1.47. The molecule has 7 heteroatoms. The molecule has 0 saturated carbocycles. The zero-order chi connectivity index (χ0) is 14.5. The van der Waals surface area contributed by atoms with Crippen LogP contribution in [0.3, 0.4) is 0 Å². The molecule has 1 aromatic rings. The molecule has 0 radical (unpaired) electrons. The van der Waals surface area contributed by atoms with Gasteiger partial charge in [-0.2, -0.15) is 0 Å². The van der Waals surface area contributed by atoms with E-state index in [0.29, 0.717) is 29.2 Å². The normalized spacial score (nSPS) is 23.8. The monoisotopic (exact) mass is 299 g/mol. The number of benzene rings is 1. The molecule has 1 saturated heterocycles. The molecule has 0 atom stereocenters. The van der Waals surface area contributed by atoms with Gasteiger partial charge in [-0.05, 0) is 18.9 Å². The van der Waals surface area contributed by atoms with Crippen LogP contribution in [-0.2, 0) is 17.3 Å². The smallest absolute Gasteiger partial charge is 0.170 e. The van der Waals surface area contributed by atoms with Crippen LogP contribution in [0.2, 0.25) is 0 Å². The molecule has 1 fully saturated rings. The number of halogens is 1. The summed E-state index contributed by atoms with van der Waals surface area (Å²) < 4.78 is 25.1. The highest BCUT2D eigenvalue weighted by atomic mass is 32.2. The van der Waals surface area contributed by atoms with Crippen LogP contribution >= 0.6 is 0 Å². The van der Waals surface area contributed by atoms with Crippen LogP contribution in [-0.4, -0.2) is 32.8 Å². The van der Waals surface area contributed by atoms with Crippen molar-refractivity contribution in [3.05, 3.63) is 35.1 Å². The molecule has 0 bridgehead atoms. The van der Waals surface area contributed by atoms with E-state index in [-0.39, 0.29) is 17.7 Å². The van der Waals surface area contributed by atoms with Gasteiger partial charge in [0.1, 0.15) is 5.82 Å². The van der Waals surface area contributed by atoms with E-state index >= 15 is 0 Å². The van der Waals surface area contributed by atoms with Crippen molar-refractivity contribution in [3.8, 4) is 0 Å². The Morgan fingerprint density at radius 3 is 2.80 bits per heavy atom. The van der Waals surface area contributed by atoms with Crippen LogP contribution in [0.1, 0.15) is 24.0 Å². The second-order valence-electron chi connectivity index (χ2n) is 4.79. The lowest BCUT2D eigenvalue weighted by molar-refractivity contribution is 0.318. The topological polar surface area (TPSA) is 87.7 Å². The molecule has 1 aliphatic rings. The average molecular weight is 299 g/mol. The quantitative estimate of drug-likeness (QED) is 0.334. The van der Waals surface area contributed by atoms with E-state index in [1.807, 2.05) is 0 Å². The van der Waals surface area contributed by atoms with Crippen molar-refractivity contribution >= 4 is 16.6 Å². The standard InChI is InChI=1S/C13H18FN3O2S/c14-12-7-9(13(15)17-18)1-2-10(12)8-16-11-3-5-20(19)6-4-11/h1-2,7,11,16,18H,3-6,8H2,(H2,15,17). The number of nitrogens with one attached hydrogen (secondary N) is 1. The summed E-state index contributed by atoms with van der Waals surface area (Å²) in [5.41, 5.74) is 6.29. The molecule has 20 heavy (non-hydrogen) atoms. The molecule has 4 N–H and O–H groups in total. The summed E-state index contributed by atoms with van der Waals surface area (Å²) in [6, 6.07) is 4.78. The van der Waals surface area contributed by atoms with Crippen LogP contribution in [0.4, 0.5) is 4.39 Å². The number of rotatable bonds is 4. The van der Waals surface area contributed by atoms with Crippen molar-refractivity contribution in [2.24, 2.45) is 10.9 Å². The van der Waals surface area contributed by atoms with Crippen LogP contribution in [0.15, 0.2) is 23.4 Å². The molecule has 0 aromatic heterocycles. The van der Waals surface area contributed by atoms with Crippen molar-refractivity contribution in [1.82, 2.24) is 5.32 Å². The van der Waals surface area contributed by atoms with Crippen LogP contribution in [0.5, 0.6) is 0 Å². The van der Waals surface area contributed by atoms with E-state index in [0.717, 1.165) is 12.8 Å². The van der Waals surface area contributed by atoms with E-state index in [1.165, 1.54) is 6.07 Å². The lowest BCUT2D eigenvalue weighted by atomic mass is 10.1. The van der Waals surface area contributed by atoms with Gasteiger partial charge >= 0.3 is 0 Å².